The molecule has 0 atom stereocenters. The van der Waals surface area contributed by atoms with E-state index in [0.717, 1.165) is 17.8 Å². The lowest BCUT2D eigenvalue weighted by Gasteiger charge is -2.20. The van der Waals surface area contributed by atoms with Gasteiger partial charge in [-0.15, -0.1) is 11.3 Å². The van der Waals surface area contributed by atoms with Gasteiger partial charge in [0.2, 0.25) is 0 Å². The number of hydrogen-bond acceptors (Lipinski definition) is 4. The van der Waals surface area contributed by atoms with Gasteiger partial charge in [0.1, 0.15) is 16.6 Å². The van der Waals surface area contributed by atoms with Crippen molar-refractivity contribution < 1.29 is 5.11 Å². The maximum absolute atomic E-state index is 10.4. The van der Waals surface area contributed by atoms with E-state index in [1.807, 2.05) is 28.5 Å². The van der Waals surface area contributed by atoms with Gasteiger partial charge in [0.15, 0.2) is 0 Å². The Morgan fingerprint density at radius 3 is 2.36 bits per heavy atom. The van der Waals surface area contributed by atoms with Crippen molar-refractivity contribution in [1.29, 1.82) is 5.41 Å². The zero-order chi connectivity index (χ0) is 19.7. The number of hydrogen-bond donors (Lipinski definition) is 2. The molecular formula is C23H23N3OS. The molecule has 4 nitrogen and oxygen atoms in total. The van der Waals surface area contributed by atoms with Gasteiger partial charge in [-0.3, -0.25) is 5.41 Å². The first-order valence-corrected chi connectivity index (χ1v) is 10.3. The highest BCUT2D eigenvalue weighted by atomic mass is 32.1. The fraction of sp³-hybridized carbons (Fsp3) is 0.217. The zero-order valence-electron chi connectivity index (χ0n) is 16.0. The van der Waals surface area contributed by atoms with Crippen molar-refractivity contribution in [2.75, 3.05) is 13.1 Å². The van der Waals surface area contributed by atoms with Crippen molar-refractivity contribution in [2.24, 2.45) is 5.92 Å². The fourth-order valence-electron chi connectivity index (χ4n) is 3.44. The topological polar surface area (TPSA) is 60.2 Å². The van der Waals surface area contributed by atoms with Gasteiger partial charge in [-0.05, 0) is 17.0 Å². The summed E-state index contributed by atoms with van der Waals surface area (Å²) in [6.07, 6.45) is 0. The second-order valence-corrected chi connectivity index (χ2v) is 8.28. The summed E-state index contributed by atoms with van der Waals surface area (Å²) >= 11 is 1.47. The summed E-state index contributed by atoms with van der Waals surface area (Å²) in [5.74, 6) is 1.04. The number of benzene rings is 2. The van der Waals surface area contributed by atoms with Crippen LogP contribution in [0.4, 0.5) is 0 Å². The van der Waals surface area contributed by atoms with Crippen molar-refractivity contribution in [3.05, 3.63) is 70.7 Å². The molecule has 1 aliphatic heterocycles. The smallest absolute Gasteiger partial charge is 0.135 e. The molecule has 2 N–H and O–H groups in total. The highest BCUT2D eigenvalue weighted by Crippen LogP contribution is 2.33. The van der Waals surface area contributed by atoms with Crippen LogP contribution in [0.5, 0.6) is 0 Å². The molecule has 0 saturated heterocycles. The van der Waals surface area contributed by atoms with Crippen LogP contribution >= 0.6 is 11.3 Å². The molecule has 0 spiro atoms. The molecule has 3 aromatic rings. The molecule has 4 rings (SSSR count). The molecule has 5 heteroatoms. The highest BCUT2D eigenvalue weighted by molar-refractivity contribution is 7.11. The minimum atomic E-state index is 0.242. The Morgan fingerprint density at radius 1 is 1.04 bits per heavy atom. The standard InChI is InChI=1S/C23H23N3OS/c1-15(2)12-26-13-20(27)21(22(26)24)23-25-19(14-28-23)18-10-8-17(9-11-18)16-6-4-3-5-7-16/h3-11,14-15,24,27H,12-13H2,1-2H3. The van der Waals surface area contributed by atoms with E-state index in [9.17, 15) is 5.11 Å². The first kappa shape index (κ1) is 18.4. The monoisotopic (exact) mass is 389 g/mol. The van der Waals surface area contributed by atoms with E-state index in [4.69, 9.17) is 10.4 Å². The van der Waals surface area contributed by atoms with Crippen molar-refractivity contribution >= 4 is 22.7 Å². The molecule has 1 aromatic heterocycles. The van der Waals surface area contributed by atoms with Crippen molar-refractivity contribution in [1.82, 2.24) is 9.88 Å². The third-order valence-corrected chi connectivity index (χ3v) is 5.63. The summed E-state index contributed by atoms with van der Waals surface area (Å²) in [5, 5.41) is 21.5. The predicted octanol–water partition coefficient (Wildman–Crippen LogP) is 5.70. The van der Waals surface area contributed by atoms with Gasteiger partial charge in [-0.25, -0.2) is 4.98 Å². The van der Waals surface area contributed by atoms with Gasteiger partial charge < -0.3 is 10.0 Å². The Kier molecular flexibility index (Phi) is 5.01. The van der Waals surface area contributed by atoms with E-state index in [0.29, 0.717) is 28.9 Å². The van der Waals surface area contributed by atoms with Crippen molar-refractivity contribution in [2.45, 2.75) is 13.8 Å². The van der Waals surface area contributed by atoms with Crippen LogP contribution in [0.15, 0.2) is 65.7 Å². The normalized spacial score (nSPS) is 14.4. The average Bonchev–Trinajstić information content (AvgIpc) is 3.27. The van der Waals surface area contributed by atoms with Crippen LogP contribution in [0, 0.1) is 11.3 Å². The van der Waals surface area contributed by atoms with Crippen LogP contribution in [0.25, 0.3) is 28.0 Å². The van der Waals surface area contributed by atoms with E-state index >= 15 is 0 Å². The predicted molar refractivity (Wildman–Crippen MR) is 117 cm³/mol. The molecule has 0 amide bonds. The molecule has 2 heterocycles. The van der Waals surface area contributed by atoms with Crippen LogP contribution in [0.3, 0.4) is 0 Å². The maximum atomic E-state index is 10.4. The second kappa shape index (κ2) is 7.60. The number of rotatable bonds is 5. The number of amidine groups is 1. The molecule has 0 aliphatic carbocycles. The number of nitrogens with one attached hydrogen (secondary N) is 1. The second-order valence-electron chi connectivity index (χ2n) is 7.43. The largest absolute Gasteiger partial charge is 0.510 e. The highest BCUT2D eigenvalue weighted by Gasteiger charge is 2.30. The Morgan fingerprint density at radius 2 is 1.68 bits per heavy atom. The quantitative estimate of drug-likeness (QED) is 0.589. The number of thiazole rings is 1. The van der Waals surface area contributed by atoms with Gasteiger partial charge in [0.25, 0.3) is 0 Å². The summed E-state index contributed by atoms with van der Waals surface area (Å²) in [4.78, 5) is 6.62. The Labute approximate surface area is 169 Å². The molecule has 0 saturated carbocycles. The van der Waals surface area contributed by atoms with Gasteiger partial charge in [-0.1, -0.05) is 68.4 Å². The van der Waals surface area contributed by atoms with Gasteiger partial charge in [0.05, 0.1) is 17.8 Å². The number of nitrogens with zero attached hydrogens (tertiary/aromatic N) is 2. The zero-order valence-corrected chi connectivity index (χ0v) is 16.8. The van der Waals surface area contributed by atoms with E-state index in [2.05, 4.69) is 50.2 Å². The Hall–Kier alpha value is -2.92. The van der Waals surface area contributed by atoms with Gasteiger partial charge in [0, 0.05) is 17.5 Å². The third kappa shape index (κ3) is 3.58. The lowest BCUT2D eigenvalue weighted by molar-refractivity contribution is 0.329. The third-order valence-electron chi connectivity index (χ3n) is 4.77. The number of aliphatic hydroxyl groups is 1. The van der Waals surface area contributed by atoms with Crippen LogP contribution < -0.4 is 0 Å². The van der Waals surface area contributed by atoms with E-state index in [1.165, 1.54) is 22.5 Å². The molecule has 142 valence electrons. The SMILES string of the molecule is CC(C)CN1CC(O)=C(c2nc(-c3ccc(-c4ccccc4)cc3)cs2)C1=N. The summed E-state index contributed by atoms with van der Waals surface area (Å²) < 4.78 is 0. The number of aromatic nitrogens is 1. The molecule has 1 aliphatic rings. The lowest BCUT2D eigenvalue weighted by Crippen LogP contribution is -2.30. The van der Waals surface area contributed by atoms with Crippen molar-refractivity contribution in [3.8, 4) is 22.4 Å². The molecule has 0 radical (unpaired) electrons. The van der Waals surface area contributed by atoms with Crippen LogP contribution in [-0.2, 0) is 0 Å². The summed E-state index contributed by atoms with van der Waals surface area (Å²) in [6.45, 7) is 5.38. The molecular weight excluding hydrogens is 366 g/mol. The first-order valence-electron chi connectivity index (χ1n) is 9.40. The molecule has 0 bridgehead atoms. The van der Waals surface area contributed by atoms with Crippen LogP contribution in [0.1, 0.15) is 18.9 Å². The summed E-state index contributed by atoms with van der Waals surface area (Å²) in [5.41, 5.74) is 4.83. The first-order chi connectivity index (χ1) is 13.5. The fourth-order valence-corrected chi connectivity index (χ4v) is 4.34. The molecule has 28 heavy (non-hydrogen) atoms. The number of aliphatic hydroxyl groups excluding tert-OH is 1. The van der Waals surface area contributed by atoms with E-state index in [-0.39, 0.29) is 5.76 Å². The average molecular weight is 390 g/mol. The Balaban J connectivity index is 1.57. The molecule has 0 unspecified atom stereocenters. The van der Waals surface area contributed by atoms with E-state index < -0.39 is 0 Å². The summed E-state index contributed by atoms with van der Waals surface area (Å²) in [6, 6.07) is 18.6. The molecule has 2 aromatic carbocycles. The van der Waals surface area contributed by atoms with Gasteiger partial charge in [-0.2, -0.15) is 0 Å². The van der Waals surface area contributed by atoms with E-state index in [1.54, 1.807) is 0 Å². The Bertz CT molecular complexity index is 1020. The minimum Gasteiger partial charge on any atom is -0.510 e. The summed E-state index contributed by atoms with van der Waals surface area (Å²) in [7, 11) is 0. The molecule has 0 fully saturated rings. The van der Waals surface area contributed by atoms with Gasteiger partial charge >= 0.3 is 0 Å². The van der Waals surface area contributed by atoms with Crippen LogP contribution in [0.2, 0.25) is 0 Å². The maximum Gasteiger partial charge on any atom is 0.135 e. The van der Waals surface area contributed by atoms with Crippen LogP contribution in [-0.4, -0.2) is 33.9 Å². The minimum absolute atomic E-state index is 0.242. The van der Waals surface area contributed by atoms with Crippen molar-refractivity contribution in [3.63, 3.8) is 0 Å². The lowest BCUT2D eigenvalue weighted by atomic mass is 10.0.